The molecule has 3 heteroatoms. The van der Waals surface area contributed by atoms with E-state index in [-0.39, 0.29) is 0 Å². The lowest BCUT2D eigenvalue weighted by atomic mass is 10.0. The van der Waals surface area contributed by atoms with Crippen LogP contribution in [0.15, 0.2) is 91.1 Å². The smallest absolute Gasteiger partial charge is 0.0980 e. The molecule has 0 N–H and O–H groups in total. The fraction of sp³-hybridized carbons (Fsp3) is 0. The van der Waals surface area contributed by atoms with Gasteiger partial charge in [0.15, 0.2) is 0 Å². The zero-order valence-electron chi connectivity index (χ0n) is 15.0. The SMILES string of the molecule is c1ccc(-c2nc3ccccc3c3cc4ccc5cccnc5c4nc23)cc1. The molecule has 0 bridgehead atoms. The zero-order valence-corrected chi connectivity index (χ0v) is 15.0. The van der Waals surface area contributed by atoms with Crippen LogP contribution in [0.4, 0.5) is 0 Å². The predicted molar refractivity (Wildman–Crippen MR) is 115 cm³/mol. The monoisotopic (exact) mass is 357 g/mol. The van der Waals surface area contributed by atoms with Crippen LogP contribution >= 0.6 is 0 Å². The van der Waals surface area contributed by atoms with Crippen LogP contribution in [0.2, 0.25) is 0 Å². The lowest BCUT2D eigenvalue weighted by molar-refractivity contribution is 1.37. The van der Waals surface area contributed by atoms with Crippen LogP contribution in [0, 0.1) is 0 Å². The van der Waals surface area contributed by atoms with Crippen molar-refractivity contribution in [2.75, 3.05) is 0 Å². The van der Waals surface area contributed by atoms with Gasteiger partial charge in [-0.3, -0.25) is 4.98 Å². The van der Waals surface area contributed by atoms with Gasteiger partial charge in [0.25, 0.3) is 0 Å². The number of benzene rings is 3. The van der Waals surface area contributed by atoms with E-state index in [1.165, 1.54) is 0 Å². The quantitative estimate of drug-likeness (QED) is 0.262. The minimum absolute atomic E-state index is 0.907. The molecular formula is C25H15N3. The van der Waals surface area contributed by atoms with E-state index in [1.54, 1.807) is 0 Å². The van der Waals surface area contributed by atoms with Crippen molar-refractivity contribution in [2.45, 2.75) is 0 Å². The maximum absolute atomic E-state index is 5.11. The van der Waals surface area contributed by atoms with Crippen LogP contribution in [-0.2, 0) is 0 Å². The van der Waals surface area contributed by atoms with Gasteiger partial charge in [-0.05, 0) is 18.2 Å². The molecule has 3 aromatic carbocycles. The summed E-state index contributed by atoms with van der Waals surface area (Å²) in [4.78, 5) is 14.7. The van der Waals surface area contributed by atoms with E-state index in [1.807, 2.05) is 36.5 Å². The summed E-state index contributed by atoms with van der Waals surface area (Å²) in [6.45, 7) is 0. The van der Waals surface area contributed by atoms with Gasteiger partial charge in [-0.1, -0.05) is 66.7 Å². The highest BCUT2D eigenvalue weighted by Gasteiger charge is 2.14. The van der Waals surface area contributed by atoms with Crippen molar-refractivity contribution in [2.24, 2.45) is 0 Å². The summed E-state index contributed by atoms with van der Waals surface area (Å²) in [6, 6.07) is 29.0. The molecule has 130 valence electrons. The molecule has 0 aliphatic carbocycles. The summed E-state index contributed by atoms with van der Waals surface area (Å²) in [5, 5.41) is 4.42. The standard InChI is InChI=1S/C25H15N3/c1-2-7-16(8-3-1)23-25-20(19-10-4-5-11-21(19)27-23)15-18-13-12-17-9-6-14-26-22(17)24(18)28-25/h1-15H. The Morgan fingerprint density at radius 3 is 2.29 bits per heavy atom. The Morgan fingerprint density at radius 2 is 1.36 bits per heavy atom. The minimum atomic E-state index is 0.907. The zero-order chi connectivity index (χ0) is 18.5. The Balaban J connectivity index is 1.85. The first-order valence-corrected chi connectivity index (χ1v) is 9.31. The highest BCUT2D eigenvalue weighted by atomic mass is 14.8. The molecule has 0 atom stereocenters. The third-order valence-corrected chi connectivity index (χ3v) is 5.26. The van der Waals surface area contributed by atoms with Crippen LogP contribution in [0.25, 0.3) is 54.9 Å². The lowest BCUT2D eigenvalue weighted by Gasteiger charge is -2.11. The van der Waals surface area contributed by atoms with E-state index < -0.39 is 0 Å². The van der Waals surface area contributed by atoms with Crippen molar-refractivity contribution in [3.63, 3.8) is 0 Å². The van der Waals surface area contributed by atoms with Gasteiger partial charge in [-0.2, -0.15) is 0 Å². The molecular weight excluding hydrogens is 342 g/mol. The molecule has 6 rings (SSSR count). The van der Waals surface area contributed by atoms with Gasteiger partial charge < -0.3 is 0 Å². The van der Waals surface area contributed by atoms with Gasteiger partial charge in [0.05, 0.1) is 27.8 Å². The van der Waals surface area contributed by atoms with Gasteiger partial charge >= 0.3 is 0 Å². The van der Waals surface area contributed by atoms with Gasteiger partial charge in [-0.15, -0.1) is 0 Å². The van der Waals surface area contributed by atoms with E-state index in [9.17, 15) is 0 Å². The fourth-order valence-electron chi connectivity index (χ4n) is 3.93. The Hall–Kier alpha value is -3.85. The fourth-order valence-corrected chi connectivity index (χ4v) is 3.93. The highest BCUT2D eigenvalue weighted by Crippen LogP contribution is 2.34. The molecule has 6 aromatic rings. The maximum atomic E-state index is 5.11. The second kappa shape index (κ2) is 5.83. The van der Waals surface area contributed by atoms with Crippen LogP contribution < -0.4 is 0 Å². The molecule has 3 nitrogen and oxygen atoms in total. The first-order valence-electron chi connectivity index (χ1n) is 9.31. The van der Waals surface area contributed by atoms with Gasteiger partial charge in [0.2, 0.25) is 0 Å². The minimum Gasteiger partial charge on any atom is -0.254 e. The van der Waals surface area contributed by atoms with E-state index in [2.05, 4.69) is 59.6 Å². The van der Waals surface area contributed by atoms with E-state index in [4.69, 9.17) is 9.97 Å². The van der Waals surface area contributed by atoms with Crippen molar-refractivity contribution in [3.05, 3.63) is 91.1 Å². The van der Waals surface area contributed by atoms with Crippen molar-refractivity contribution >= 4 is 43.6 Å². The van der Waals surface area contributed by atoms with Gasteiger partial charge in [0.1, 0.15) is 0 Å². The molecule has 0 saturated carbocycles. The number of rotatable bonds is 1. The predicted octanol–water partition coefficient (Wildman–Crippen LogP) is 6.15. The lowest BCUT2D eigenvalue weighted by Crippen LogP contribution is -1.94. The van der Waals surface area contributed by atoms with Crippen LogP contribution in [0.3, 0.4) is 0 Å². The van der Waals surface area contributed by atoms with Crippen LogP contribution in [-0.4, -0.2) is 15.0 Å². The summed E-state index contributed by atoms with van der Waals surface area (Å²) in [7, 11) is 0. The van der Waals surface area contributed by atoms with Crippen molar-refractivity contribution in [3.8, 4) is 11.3 Å². The molecule has 3 heterocycles. The second-order valence-electron chi connectivity index (χ2n) is 6.94. The average molecular weight is 357 g/mol. The number of para-hydroxylation sites is 1. The number of hydrogen-bond donors (Lipinski definition) is 0. The van der Waals surface area contributed by atoms with Crippen molar-refractivity contribution in [1.29, 1.82) is 0 Å². The molecule has 28 heavy (non-hydrogen) atoms. The maximum Gasteiger partial charge on any atom is 0.0980 e. The average Bonchev–Trinajstić information content (AvgIpc) is 2.78. The first kappa shape index (κ1) is 15.2. The van der Waals surface area contributed by atoms with Crippen LogP contribution in [0.5, 0.6) is 0 Å². The topological polar surface area (TPSA) is 38.7 Å². The number of nitrogens with zero attached hydrogens (tertiary/aromatic N) is 3. The largest absolute Gasteiger partial charge is 0.254 e. The Bertz CT molecular complexity index is 1500. The number of aromatic nitrogens is 3. The Morgan fingerprint density at radius 1 is 0.536 bits per heavy atom. The third-order valence-electron chi connectivity index (χ3n) is 5.26. The number of pyridine rings is 3. The van der Waals surface area contributed by atoms with Gasteiger partial charge in [0, 0.05) is 33.3 Å². The Labute approximate surface area is 161 Å². The molecule has 0 unspecified atom stereocenters. The van der Waals surface area contributed by atoms with E-state index in [0.717, 1.165) is 54.9 Å². The van der Waals surface area contributed by atoms with E-state index in [0.29, 0.717) is 0 Å². The normalized spacial score (nSPS) is 11.6. The number of fused-ring (bicyclic) bond motifs is 6. The molecule has 0 amide bonds. The summed E-state index contributed by atoms with van der Waals surface area (Å²) in [5.74, 6) is 0. The summed E-state index contributed by atoms with van der Waals surface area (Å²) in [6.07, 6.45) is 1.82. The molecule has 0 radical (unpaired) electrons. The summed E-state index contributed by atoms with van der Waals surface area (Å²) >= 11 is 0. The molecule has 3 aromatic heterocycles. The molecule has 0 aliphatic heterocycles. The second-order valence-corrected chi connectivity index (χ2v) is 6.94. The van der Waals surface area contributed by atoms with Crippen molar-refractivity contribution in [1.82, 2.24) is 15.0 Å². The van der Waals surface area contributed by atoms with Crippen molar-refractivity contribution < 1.29 is 0 Å². The molecule has 0 saturated heterocycles. The van der Waals surface area contributed by atoms with Crippen LogP contribution in [0.1, 0.15) is 0 Å². The highest BCUT2D eigenvalue weighted by molar-refractivity contribution is 6.15. The van der Waals surface area contributed by atoms with E-state index >= 15 is 0 Å². The number of hydrogen-bond acceptors (Lipinski definition) is 3. The molecule has 0 spiro atoms. The Kier molecular flexibility index (Phi) is 3.17. The third kappa shape index (κ3) is 2.20. The molecule has 0 fully saturated rings. The summed E-state index contributed by atoms with van der Waals surface area (Å²) < 4.78 is 0. The summed E-state index contributed by atoms with van der Waals surface area (Å²) in [5.41, 5.74) is 5.71. The first-order chi connectivity index (χ1) is 13.9. The molecule has 0 aliphatic rings. The van der Waals surface area contributed by atoms with Gasteiger partial charge in [-0.25, -0.2) is 9.97 Å².